The quantitative estimate of drug-likeness (QED) is 0.749. The van der Waals surface area contributed by atoms with Crippen molar-refractivity contribution in [1.82, 2.24) is 10.2 Å². The van der Waals surface area contributed by atoms with Crippen molar-refractivity contribution in [3.05, 3.63) is 0 Å². The normalized spacial score (nSPS) is 18.5. The van der Waals surface area contributed by atoms with Crippen molar-refractivity contribution in [1.29, 1.82) is 0 Å². The minimum absolute atomic E-state index is 0. The Kier molecular flexibility index (Phi) is 7.97. The highest BCUT2D eigenvalue weighted by Gasteiger charge is 2.29. The predicted octanol–water partition coefficient (Wildman–Crippen LogP) is -0.245. The highest BCUT2D eigenvalue weighted by atomic mass is 35.5. The molecule has 1 rings (SSSR count). The highest BCUT2D eigenvalue weighted by molar-refractivity contribution is 5.89. The summed E-state index contributed by atoms with van der Waals surface area (Å²) in [4.78, 5) is 25.7. The van der Waals surface area contributed by atoms with E-state index in [9.17, 15) is 9.59 Å². The van der Waals surface area contributed by atoms with Gasteiger partial charge in [-0.15, -0.1) is 12.4 Å². The third kappa shape index (κ3) is 5.34. The van der Waals surface area contributed by atoms with Gasteiger partial charge in [0.2, 0.25) is 11.8 Å². The Morgan fingerprint density at radius 3 is 2.16 bits per heavy atom. The molecule has 0 aromatic carbocycles. The Labute approximate surface area is 120 Å². The number of rotatable bonds is 4. The SMILES string of the molecule is CC(C)C(NC(=O)[C@@H](C)N)C(=O)N1CCOCC1.Cl. The minimum atomic E-state index is -0.608. The van der Waals surface area contributed by atoms with Crippen LogP contribution in [0.3, 0.4) is 0 Å². The molecule has 0 aromatic rings. The largest absolute Gasteiger partial charge is 0.378 e. The molecule has 2 amide bonds. The molecule has 0 radical (unpaired) electrons. The number of nitrogens with two attached hydrogens (primary N) is 1. The van der Waals surface area contributed by atoms with E-state index < -0.39 is 12.1 Å². The second-order valence-corrected chi connectivity index (χ2v) is 4.96. The minimum Gasteiger partial charge on any atom is -0.378 e. The van der Waals surface area contributed by atoms with Crippen LogP contribution in [0.5, 0.6) is 0 Å². The van der Waals surface area contributed by atoms with E-state index in [-0.39, 0.29) is 30.1 Å². The first kappa shape index (κ1) is 18.1. The maximum Gasteiger partial charge on any atom is 0.245 e. The summed E-state index contributed by atoms with van der Waals surface area (Å²) in [5.41, 5.74) is 5.51. The number of hydrogen-bond donors (Lipinski definition) is 2. The Bertz CT molecular complexity index is 305. The van der Waals surface area contributed by atoms with Crippen LogP contribution in [0.1, 0.15) is 20.8 Å². The van der Waals surface area contributed by atoms with Crippen LogP contribution in [0.25, 0.3) is 0 Å². The first-order chi connectivity index (χ1) is 8.43. The van der Waals surface area contributed by atoms with Gasteiger partial charge in [0.1, 0.15) is 6.04 Å². The van der Waals surface area contributed by atoms with Crippen LogP contribution in [-0.4, -0.2) is 55.1 Å². The van der Waals surface area contributed by atoms with Crippen LogP contribution in [0.4, 0.5) is 0 Å². The van der Waals surface area contributed by atoms with E-state index in [1.165, 1.54) is 0 Å². The van der Waals surface area contributed by atoms with Crippen molar-refractivity contribution >= 4 is 24.2 Å². The van der Waals surface area contributed by atoms with Gasteiger partial charge in [-0.2, -0.15) is 0 Å². The molecule has 112 valence electrons. The van der Waals surface area contributed by atoms with Gasteiger partial charge in [0.05, 0.1) is 19.3 Å². The lowest BCUT2D eigenvalue weighted by atomic mass is 10.0. The van der Waals surface area contributed by atoms with Crippen LogP contribution < -0.4 is 11.1 Å². The molecule has 3 N–H and O–H groups in total. The maximum atomic E-state index is 12.3. The van der Waals surface area contributed by atoms with E-state index >= 15 is 0 Å². The lowest BCUT2D eigenvalue weighted by Gasteiger charge is -2.32. The molecule has 7 heteroatoms. The van der Waals surface area contributed by atoms with Crippen molar-refractivity contribution in [2.24, 2.45) is 11.7 Å². The fourth-order valence-electron chi connectivity index (χ4n) is 1.78. The number of carbonyl (C=O) groups excluding carboxylic acids is 2. The molecule has 0 saturated carbocycles. The molecule has 2 atom stereocenters. The lowest BCUT2D eigenvalue weighted by Crippen LogP contribution is -2.56. The summed E-state index contributed by atoms with van der Waals surface area (Å²) in [5.74, 6) is -0.319. The number of hydrogen-bond acceptors (Lipinski definition) is 4. The van der Waals surface area contributed by atoms with Gasteiger partial charge in [-0.25, -0.2) is 0 Å². The summed E-state index contributed by atoms with van der Waals surface area (Å²) < 4.78 is 5.21. The van der Waals surface area contributed by atoms with E-state index in [1.807, 2.05) is 13.8 Å². The average molecular weight is 294 g/mol. The van der Waals surface area contributed by atoms with Crippen LogP contribution in [0.2, 0.25) is 0 Å². The van der Waals surface area contributed by atoms with Crippen LogP contribution >= 0.6 is 12.4 Å². The van der Waals surface area contributed by atoms with Crippen molar-refractivity contribution in [2.75, 3.05) is 26.3 Å². The molecule has 1 aliphatic rings. The third-order valence-corrected chi connectivity index (χ3v) is 2.97. The molecule has 1 heterocycles. The van der Waals surface area contributed by atoms with Gasteiger partial charge in [-0.1, -0.05) is 13.8 Å². The van der Waals surface area contributed by atoms with E-state index in [2.05, 4.69) is 5.32 Å². The van der Waals surface area contributed by atoms with Gasteiger partial charge in [0, 0.05) is 13.1 Å². The summed E-state index contributed by atoms with van der Waals surface area (Å²) in [6, 6.07) is -1.12. The Balaban J connectivity index is 0.00000324. The van der Waals surface area contributed by atoms with Crippen molar-refractivity contribution < 1.29 is 14.3 Å². The first-order valence-corrected chi connectivity index (χ1v) is 6.36. The van der Waals surface area contributed by atoms with Gasteiger partial charge in [-0.3, -0.25) is 9.59 Å². The molecular weight excluding hydrogens is 270 g/mol. The summed E-state index contributed by atoms with van der Waals surface area (Å²) in [6.45, 7) is 7.68. The third-order valence-electron chi connectivity index (χ3n) is 2.97. The lowest BCUT2D eigenvalue weighted by molar-refractivity contribution is -0.141. The van der Waals surface area contributed by atoms with Gasteiger partial charge in [-0.05, 0) is 12.8 Å². The van der Waals surface area contributed by atoms with Crippen LogP contribution in [0, 0.1) is 5.92 Å². The Morgan fingerprint density at radius 2 is 1.74 bits per heavy atom. The second kappa shape index (κ2) is 8.35. The molecule has 0 spiro atoms. The number of carbonyl (C=O) groups is 2. The monoisotopic (exact) mass is 293 g/mol. The average Bonchev–Trinajstić information content (AvgIpc) is 2.35. The maximum absolute atomic E-state index is 12.3. The molecule has 0 bridgehead atoms. The van der Waals surface area contributed by atoms with E-state index in [4.69, 9.17) is 10.5 Å². The molecule has 19 heavy (non-hydrogen) atoms. The fourth-order valence-corrected chi connectivity index (χ4v) is 1.78. The standard InChI is InChI=1S/C12H23N3O3.ClH/c1-8(2)10(14-11(16)9(3)13)12(17)15-4-6-18-7-5-15;/h8-10H,4-7,13H2,1-3H3,(H,14,16);1H/t9-,10?;/m1./s1. The van der Waals surface area contributed by atoms with E-state index in [1.54, 1.807) is 11.8 Å². The summed E-state index contributed by atoms with van der Waals surface area (Å²) in [5, 5.41) is 2.72. The smallest absolute Gasteiger partial charge is 0.245 e. The summed E-state index contributed by atoms with van der Waals surface area (Å²) in [7, 11) is 0. The van der Waals surface area contributed by atoms with Crippen molar-refractivity contribution in [2.45, 2.75) is 32.9 Å². The number of nitrogens with one attached hydrogen (secondary N) is 1. The van der Waals surface area contributed by atoms with Gasteiger partial charge in [0.15, 0.2) is 0 Å². The Hall–Kier alpha value is -0.850. The molecule has 6 nitrogen and oxygen atoms in total. The zero-order valence-electron chi connectivity index (χ0n) is 11.7. The highest BCUT2D eigenvalue weighted by Crippen LogP contribution is 2.08. The molecule has 1 saturated heterocycles. The predicted molar refractivity (Wildman–Crippen MR) is 75.1 cm³/mol. The number of morpholine rings is 1. The van der Waals surface area contributed by atoms with Crippen molar-refractivity contribution in [3.63, 3.8) is 0 Å². The van der Waals surface area contributed by atoms with Gasteiger partial charge >= 0.3 is 0 Å². The Morgan fingerprint density at radius 1 is 1.21 bits per heavy atom. The molecule has 1 fully saturated rings. The van der Waals surface area contributed by atoms with Crippen LogP contribution in [0.15, 0.2) is 0 Å². The van der Waals surface area contributed by atoms with Gasteiger partial charge in [0.25, 0.3) is 0 Å². The number of amides is 2. The summed E-state index contributed by atoms with van der Waals surface area (Å²) >= 11 is 0. The topological polar surface area (TPSA) is 84.7 Å². The number of halogens is 1. The van der Waals surface area contributed by atoms with Crippen LogP contribution in [-0.2, 0) is 14.3 Å². The molecule has 1 unspecified atom stereocenters. The molecular formula is C12H24ClN3O3. The first-order valence-electron chi connectivity index (χ1n) is 6.36. The number of nitrogens with zero attached hydrogens (tertiary/aromatic N) is 1. The van der Waals surface area contributed by atoms with E-state index in [0.29, 0.717) is 26.3 Å². The zero-order valence-corrected chi connectivity index (χ0v) is 12.5. The molecule has 1 aliphatic heterocycles. The fraction of sp³-hybridized carbons (Fsp3) is 0.833. The molecule has 0 aliphatic carbocycles. The second-order valence-electron chi connectivity index (χ2n) is 4.96. The van der Waals surface area contributed by atoms with Crippen molar-refractivity contribution in [3.8, 4) is 0 Å². The molecule has 0 aromatic heterocycles. The zero-order chi connectivity index (χ0) is 13.7. The van der Waals surface area contributed by atoms with E-state index in [0.717, 1.165) is 0 Å². The van der Waals surface area contributed by atoms with Gasteiger partial charge < -0.3 is 20.7 Å². The summed E-state index contributed by atoms with van der Waals surface area (Å²) in [6.07, 6.45) is 0. The number of ether oxygens (including phenoxy) is 1.